The molecule has 0 N–H and O–H groups in total. The number of ether oxygens (including phenoxy) is 1. The van der Waals surface area contributed by atoms with Gasteiger partial charge < -0.3 is 4.74 Å². The lowest BCUT2D eigenvalue weighted by Crippen LogP contribution is -2.05. The molecule has 40 heavy (non-hydrogen) atoms. The predicted octanol–water partition coefficient (Wildman–Crippen LogP) is 10.4. The smallest absolute Gasteiger partial charge is 0.0852 e. The van der Waals surface area contributed by atoms with Crippen LogP contribution >= 0.6 is 0 Å². The molecule has 4 aromatic carbocycles. The average Bonchev–Trinajstić information content (AvgIpc) is 3.39. The molecule has 0 bridgehead atoms. The Kier molecular flexibility index (Phi) is 7.89. The van der Waals surface area contributed by atoms with Gasteiger partial charge in [-0.1, -0.05) is 107 Å². The zero-order valence-electron chi connectivity index (χ0n) is 25.8. The summed E-state index contributed by atoms with van der Waals surface area (Å²) in [6.45, 7) is 17.6. The van der Waals surface area contributed by atoms with Crippen LogP contribution in [-0.4, -0.2) is 7.11 Å². The van der Waals surface area contributed by atoms with Crippen molar-refractivity contribution in [3.8, 4) is 22.3 Å². The molecule has 4 aromatic rings. The van der Waals surface area contributed by atoms with E-state index in [1.165, 1.54) is 83.5 Å². The molecule has 206 valence electrons. The Morgan fingerprint density at radius 1 is 0.575 bits per heavy atom. The highest BCUT2D eigenvalue weighted by Gasteiger charge is 2.31. The van der Waals surface area contributed by atoms with Gasteiger partial charge in [0.25, 0.3) is 0 Å². The molecule has 0 aromatic heterocycles. The van der Waals surface area contributed by atoms with Crippen LogP contribution in [0.15, 0.2) is 66.2 Å². The van der Waals surface area contributed by atoms with E-state index in [1.54, 1.807) is 0 Å². The number of rotatable bonds is 3. The predicted molar refractivity (Wildman–Crippen MR) is 172 cm³/mol. The van der Waals surface area contributed by atoms with E-state index in [4.69, 9.17) is 4.74 Å². The Bertz CT molecular complexity index is 1580. The van der Waals surface area contributed by atoms with E-state index >= 15 is 0 Å². The van der Waals surface area contributed by atoms with E-state index in [0.29, 0.717) is 5.92 Å². The lowest BCUT2D eigenvalue weighted by Gasteiger charge is -2.16. The van der Waals surface area contributed by atoms with Gasteiger partial charge in [0.1, 0.15) is 0 Å². The Morgan fingerprint density at radius 2 is 1.05 bits per heavy atom. The van der Waals surface area contributed by atoms with Crippen LogP contribution in [0.1, 0.15) is 75.6 Å². The third-order valence-electron chi connectivity index (χ3n) is 8.38. The number of aryl methyl sites for hydroxylation is 6. The van der Waals surface area contributed by atoms with Crippen molar-refractivity contribution in [2.45, 2.75) is 74.3 Å². The van der Waals surface area contributed by atoms with E-state index in [-0.39, 0.29) is 6.10 Å². The molecule has 1 heteroatoms. The summed E-state index contributed by atoms with van der Waals surface area (Å²) in [4.78, 5) is 0. The SMILES string of the molecule is CC1=Cc2cc(C)cc(-c3cc(C)cc(C)c3)c2C1.COC1c2cc(C)cc(-c3cc(C)cc(C)c3)c2CC1C. The summed E-state index contributed by atoms with van der Waals surface area (Å²) in [6.07, 6.45) is 4.77. The van der Waals surface area contributed by atoms with Crippen molar-refractivity contribution < 1.29 is 4.74 Å². The minimum Gasteiger partial charge on any atom is -0.376 e. The van der Waals surface area contributed by atoms with Crippen molar-refractivity contribution in [1.82, 2.24) is 0 Å². The third-order valence-corrected chi connectivity index (χ3v) is 8.38. The first kappa shape index (κ1) is 28.1. The van der Waals surface area contributed by atoms with Crippen molar-refractivity contribution >= 4 is 6.08 Å². The lowest BCUT2D eigenvalue weighted by atomic mass is 9.92. The summed E-state index contributed by atoms with van der Waals surface area (Å²) in [6, 6.07) is 22.9. The molecule has 0 fully saturated rings. The number of methoxy groups -OCH3 is 1. The highest BCUT2D eigenvalue weighted by atomic mass is 16.5. The van der Waals surface area contributed by atoms with Gasteiger partial charge in [0.05, 0.1) is 6.10 Å². The van der Waals surface area contributed by atoms with Gasteiger partial charge in [0.2, 0.25) is 0 Å². The molecule has 0 aliphatic heterocycles. The Morgan fingerprint density at radius 3 is 1.57 bits per heavy atom. The fourth-order valence-electron chi connectivity index (χ4n) is 6.96. The molecule has 2 aliphatic carbocycles. The maximum Gasteiger partial charge on any atom is 0.0852 e. The number of fused-ring (bicyclic) bond motifs is 2. The van der Waals surface area contributed by atoms with Gasteiger partial charge in [0.15, 0.2) is 0 Å². The standard InChI is InChI=1S/C20H24O.C19H20/c1-12-6-13(2)8-16(7-12)17-9-14(3)10-19-18(17)11-15(4)20(19)21-5;1-12-5-13(2)7-16(6-12)18-10-14(3)8-17-9-15(4)11-19(17)18/h6-10,15,20H,11H2,1-5H3;5-10H,11H2,1-4H3. The molecule has 6 rings (SSSR count). The summed E-state index contributed by atoms with van der Waals surface area (Å²) in [5.74, 6) is 0.552. The fraction of sp³-hybridized carbons (Fsp3) is 0.333. The normalized spacial score (nSPS) is 17.2. The number of hydrogen-bond acceptors (Lipinski definition) is 1. The van der Waals surface area contributed by atoms with Gasteiger partial charge >= 0.3 is 0 Å². The maximum absolute atomic E-state index is 5.74. The van der Waals surface area contributed by atoms with Gasteiger partial charge in [-0.15, -0.1) is 0 Å². The molecule has 0 amide bonds. The molecule has 0 spiro atoms. The molecular weight excluding hydrogens is 484 g/mol. The minimum atomic E-state index is 0.240. The quantitative estimate of drug-likeness (QED) is 0.257. The van der Waals surface area contributed by atoms with Crippen LogP contribution in [0.5, 0.6) is 0 Å². The second-order valence-corrected chi connectivity index (χ2v) is 12.5. The molecule has 0 radical (unpaired) electrons. The molecule has 2 aliphatic rings. The summed E-state index contributed by atoms with van der Waals surface area (Å²) in [7, 11) is 1.83. The first-order valence-electron chi connectivity index (χ1n) is 14.7. The molecule has 2 unspecified atom stereocenters. The monoisotopic (exact) mass is 528 g/mol. The number of hydrogen-bond donors (Lipinski definition) is 0. The average molecular weight is 529 g/mol. The molecule has 0 heterocycles. The first-order chi connectivity index (χ1) is 19.0. The summed E-state index contributed by atoms with van der Waals surface area (Å²) >= 11 is 0. The molecular formula is C39H44O. The van der Waals surface area contributed by atoms with Gasteiger partial charge in [-0.25, -0.2) is 0 Å². The Balaban J connectivity index is 0.000000162. The first-order valence-corrected chi connectivity index (χ1v) is 14.7. The summed E-state index contributed by atoms with van der Waals surface area (Å²) in [5, 5.41) is 0. The van der Waals surface area contributed by atoms with E-state index < -0.39 is 0 Å². The molecule has 0 saturated heterocycles. The van der Waals surface area contributed by atoms with Crippen LogP contribution in [0.4, 0.5) is 0 Å². The van der Waals surface area contributed by atoms with Gasteiger partial charge in [-0.05, 0) is 117 Å². The van der Waals surface area contributed by atoms with Crippen molar-refractivity contribution in [3.05, 3.63) is 122 Å². The van der Waals surface area contributed by atoms with E-state index in [9.17, 15) is 0 Å². The molecule has 2 atom stereocenters. The summed E-state index contributed by atoms with van der Waals surface area (Å²) < 4.78 is 5.74. The second kappa shape index (κ2) is 11.2. The largest absolute Gasteiger partial charge is 0.376 e. The number of allylic oxidation sites excluding steroid dienone is 1. The van der Waals surface area contributed by atoms with Gasteiger partial charge in [-0.3, -0.25) is 0 Å². The Hall–Kier alpha value is -3.42. The Labute approximate surface area is 241 Å². The maximum atomic E-state index is 5.74. The van der Waals surface area contributed by atoms with Gasteiger partial charge in [-0.2, -0.15) is 0 Å². The van der Waals surface area contributed by atoms with Crippen molar-refractivity contribution in [1.29, 1.82) is 0 Å². The van der Waals surface area contributed by atoms with Crippen molar-refractivity contribution in [2.75, 3.05) is 7.11 Å². The lowest BCUT2D eigenvalue weighted by molar-refractivity contribution is 0.0695. The van der Waals surface area contributed by atoms with Crippen LogP contribution in [0.25, 0.3) is 28.3 Å². The van der Waals surface area contributed by atoms with Crippen LogP contribution in [0.2, 0.25) is 0 Å². The summed E-state index contributed by atoms with van der Waals surface area (Å²) in [5.41, 5.74) is 20.7. The van der Waals surface area contributed by atoms with Crippen LogP contribution in [0, 0.1) is 47.5 Å². The van der Waals surface area contributed by atoms with Crippen LogP contribution < -0.4 is 0 Å². The van der Waals surface area contributed by atoms with E-state index in [0.717, 1.165) is 12.8 Å². The number of benzene rings is 4. The highest BCUT2D eigenvalue weighted by molar-refractivity contribution is 5.78. The van der Waals surface area contributed by atoms with Crippen LogP contribution in [-0.2, 0) is 17.6 Å². The third kappa shape index (κ3) is 5.72. The van der Waals surface area contributed by atoms with Crippen molar-refractivity contribution in [2.24, 2.45) is 5.92 Å². The minimum absolute atomic E-state index is 0.240. The topological polar surface area (TPSA) is 9.23 Å². The molecule has 0 saturated carbocycles. The zero-order valence-corrected chi connectivity index (χ0v) is 25.8. The highest BCUT2D eigenvalue weighted by Crippen LogP contribution is 2.43. The van der Waals surface area contributed by atoms with Gasteiger partial charge in [0, 0.05) is 7.11 Å². The second-order valence-electron chi connectivity index (χ2n) is 12.5. The van der Waals surface area contributed by atoms with Crippen LogP contribution in [0.3, 0.4) is 0 Å². The van der Waals surface area contributed by atoms with E-state index in [2.05, 4.69) is 122 Å². The molecule has 1 nitrogen and oxygen atoms in total. The fourth-order valence-corrected chi connectivity index (χ4v) is 6.96. The zero-order chi connectivity index (χ0) is 28.7. The van der Waals surface area contributed by atoms with E-state index in [1.807, 2.05) is 7.11 Å². The van der Waals surface area contributed by atoms with Crippen molar-refractivity contribution in [3.63, 3.8) is 0 Å².